The van der Waals surface area contributed by atoms with Crippen LogP contribution in [0.2, 0.25) is 0 Å². The third-order valence-electron chi connectivity index (χ3n) is 3.90. The second-order valence-corrected chi connectivity index (χ2v) is 5.28. The first-order valence-corrected chi connectivity index (χ1v) is 4.59. The predicted molar refractivity (Wildman–Crippen MR) is 45.6 cm³/mol. The average molecular weight is 168 g/mol. The summed E-state index contributed by atoms with van der Waals surface area (Å²) in [5.41, 5.74) is -0.310. The van der Waals surface area contributed by atoms with E-state index in [0.717, 1.165) is 6.42 Å². The Bertz CT molecular complexity index is 239. The van der Waals surface area contributed by atoms with Crippen LogP contribution >= 0.6 is 0 Å². The molecule has 0 radical (unpaired) electrons. The van der Waals surface area contributed by atoms with Crippen molar-refractivity contribution < 1.29 is 9.90 Å². The number of carbonyl (C=O) groups excluding carboxylic acids is 1. The van der Waals surface area contributed by atoms with E-state index in [9.17, 15) is 9.90 Å². The highest BCUT2D eigenvalue weighted by atomic mass is 16.3. The van der Waals surface area contributed by atoms with Crippen molar-refractivity contribution in [1.82, 2.24) is 0 Å². The van der Waals surface area contributed by atoms with Crippen molar-refractivity contribution in [3.8, 4) is 0 Å². The van der Waals surface area contributed by atoms with Crippen LogP contribution in [-0.2, 0) is 4.79 Å². The summed E-state index contributed by atoms with van der Waals surface area (Å²) in [4.78, 5) is 11.5. The number of rotatable bonds is 0. The van der Waals surface area contributed by atoms with Crippen LogP contribution in [0.25, 0.3) is 0 Å². The molecule has 0 saturated heterocycles. The van der Waals surface area contributed by atoms with E-state index in [1.807, 2.05) is 20.8 Å². The predicted octanol–water partition coefficient (Wildman–Crippen LogP) is 1.37. The van der Waals surface area contributed by atoms with Gasteiger partial charge in [-0.15, -0.1) is 0 Å². The summed E-state index contributed by atoms with van der Waals surface area (Å²) < 4.78 is 0. The largest absolute Gasteiger partial charge is 0.392 e. The molecule has 2 aliphatic rings. The second-order valence-electron chi connectivity index (χ2n) is 5.28. The van der Waals surface area contributed by atoms with Crippen LogP contribution < -0.4 is 0 Å². The fraction of sp³-hybridized carbons (Fsp3) is 0.900. The highest BCUT2D eigenvalue weighted by Gasteiger charge is 2.62. The van der Waals surface area contributed by atoms with Crippen LogP contribution in [0.4, 0.5) is 0 Å². The monoisotopic (exact) mass is 168 g/mol. The lowest BCUT2D eigenvalue weighted by atomic mass is 9.70. The van der Waals surface area contributed by atoms with E-state index in [4.69, 9.17) is 0 Å². The quantitative estimate of drug-likeness (QED) is 0.593. The van der Waals surface area contributed by atoms with E-state index in [0.29, 0.717) is 12.2 Å². The van der Waals surface area contributed by atoms with Crippen molar-refractivity contribution in [2.24, 2.45) is 16.7 Å². The minimum Gasteiger partial charge on any atom is -0.392 e. The molecule has 0 heterocycles. The molecule has 2 heteroatoms. The maximum atomic E-state index is 11.5. The van der Waals surface area contributed by atoms with Crippen molar-refractivity contribution in [2.75, 3.05) is 0 Å². The van der Waals surface area contributed by atoms with Crippen molar-refractivity contribution >= 4 is 5.78 Å². The first-order valence-electron chi connectivity index (χ1n) is 4.59. The lowest BCUT2D eigenvalue weighted by Gasteiger charge is -2.38. The fourth-order valence-electron chi connectivity index (χ4n) is 3.15. The molecule has 2 rings (SSSR count). The first-order chi connectivity index (χ1) is 5.38. The van der Waals surface area contributed by atoms with E-state index in [-0.39, 0.29) is 22.9 Å². The molecule has 1 N–H and O–H groups in total. The lowest BCUT2D eigenvalue weighted by Crippen LogP contribution is -2.43. The summed E-state index contributed by atoms with van der Waals surface area (Å²) in [5, 5.41) is 9.97. The molecule has 0 aromatic rings. The molecule has 68 valence electrons. The Morgan fingerprint density at radius 3 is 2.33 bits per heavy atom. The summed E-state index contributed by atoms with van der Waals surface area (Å²) in [6.45, 7) is 6.04. The molecule has 0 spiro atoms. The van der Waals surface area contributed by atoms with Crippen LogP contribution in [0.5, 0.6) is 0 Å². The van der Waals surface area contributed by atoms with Crippen LogP contribution in [0, 0.1) is 16.7 Å². The molecule has 0 aromatic carbocycles. The van der Waals surface area contributed by atoms with Gasteiger partial charge < -0.3 is 5.11 Å². The van der Waals surface area contributed by atoms with Gasteiger partial charge in [0.1, 0.15) is 5.78 Å². The molecule has 0 aromatic heterocycles. The summed E-state index contributed by atoms with van der Waals surface area (Å²) >= 11 is 0. The summed E-state index contributed by atoms with van der Waals surface area (Å²) in [7, 11) is 0. The molecule has 2 aliphatic carbocycles. The Labute approximate surface area is 73.0 Å². The Morgan fingerprint density at radius 1 is 1.42 bits per heavy atom. The number of fused-ring (bicyclic) bond motifs is 2. The molecule has 0 unspecified atom stereocenters. The number of Topliss-reactive ketones (excluding diaryl/α,β-unsaturated/α-hetero) is 1. The van der Waals surface area contributed by atoms with Crippen molar-refractivity contribution in [1.29, 1.82) is 0 Å². The summed E-state index contributed by atoms with van der Waals surface area (Å²) in [5.74, 6) is 0.463. The number of hydrogen-bond acceptors (Lipinski definition) is 2. The maximum absolute atomic E-state index is 11.5. The smallest absolute Gasteiger partial charge is 0.137 e. The van der Waals surface area contributed by atoms with Crippen LogP contribution in [-0.4, -0.2) is 17.0 Å². The summed E-state index contributed by atoms with van der Waals surface area (Å²) in [6, 6.07) is 0. The van der Waals surface area contributed by atoms with E-state index in [1.54, 1.807) is 0 Å². The topological polar surface area (TPSA) is 37.3 Å². The minimum atomic E-state index is -0.298. The third kappa shape index (κ3) is 0.717. The molecule has 0 aliphatic heterocycles. The molecular formula is C10H16O2. The van der Waals surface area contributed by atoms with Gasteiger partial charge in [-0.2, -0.15) is 0 Å². The van der Waals surface area contributed by atoms with Gasteiger partial charge in [0.25, 0.3) is 0 Å². The number of aliphatic hydroxyl groups is 1. The third-order valence-corrected chi connectivity index (χ3v) is 3.90. The Kier molecular flexibility index (Phi) is 1.32. The Morgan fingerprint density at radius 2 is 2.00 bits per heavy atom. The molecule has 2 fully saturated rings. The zero-order valence-corrected chi connectivity index (χ0v) is 7.92. The van der Waals surface area contributed by atoms with Gasteiger partial charge in [-0.05, 0) is 6.42 Å². The van der Waals surface area contributed by atoms with Crippen molar-refractivity contribution in [3.05, 3.63) is 0 Å². The van der Waals surface area contributed by atoms with Crippen LogP contribution in [0.1, 0.15) is 33.6 Å². The van der Waals surface area contributed by atoms with Crippen LogP contribution in [0.15, 0.2) is 0 Å². The van der Waals surface area contributed by atoms with Crippen molar-refractivity contribution in [2.45, 2.75) is 39.7 Å². The highest BCUT2D eigenvalue weighted by Crippen LogP contribution is 2.60. The van der Waals surface area contributed by atoms with Gasteiger partial charge in [0.2, 0.25) is 0 Å². The van der Waals surface area contributed by atoms with E-state index in [2.05, 4.69) is 0 Å². The number of ketones is 1. The summed E-state index contributed by atoms with van der Waals surface area (Å²) in [6.07, 6.45) is 1.18. The maximum Gasteiger partial charge on any atom is 0.137 e. The lowest BCUT2D eigenvalue weighted by molar-refractivity contribution is -0.133. The molecular weight excluding hydrogens is 152 g/mol. The molecule has 2 nitrogen and oxygen atoms in total. The van der Waals surface area contributed by atoms with Gasteiger partial charge in [-0.1, -0.05) is 20.8 Å². The van der Waals surface area contributed by atoms with Gasteiger partial charge in [0.05, 0.1) is 6.10 Å². The first kappa shape index (κ1) is 8.24. The van der Waals surface area contributed by atoms with E-state index in [1.165, 1.54) is 0 Å². The van der Waals surface area contributed by atoms with Gasteiger partial charge in [-0.3, -0.25) is 4.79 Å². The fourth-order valence-corrected chi connectivity index (χ4v) is 3.15. The second kappa shape index (κ2) is 1.92. The number of carbonyl (C=O) groups is 1. The number of hydrogen-bond donors (Lipinski definition) is 1. The number of aliphatic hydroxyl groups excluding tert-OH is 1. The SMILES string of the molecule is CC1(C)[C@@H]2C[C@@](C)(CC2=O)[C@H]1O. The molecule has 0 amide bonds. The normalized spacial score (nSPS) is 50.2. The molecule has 2 bridgehead atoms. The molecule has 2 saturated carbocycles. The Hall–Kier alpha value is -0.370. The molecule has 3 atom stereocenters. The van der Waals surface area contributed by atoms with E-state index < -0.39 is 0 Å². The highest BCUT2D eigenvalue weighted by molar-refractivity contribution is 5.86. The van der Waals surface area contributed by atoms with E-state index >= 15 is 0 Å². The minimum absolute atomic E-state index is 0.109. The van der Waals surface area contributed by atoms with Gasteiger partial charge >= 0.3 is 0 Å². The Balaban J connectivity index is 2.42. The van der Waals surface area contributed by atoms with Gasteiger partial charge in [0.15, 0.2) is 0 Å². The molecule has 12 heavy (non-hydrogen) atoms. The zero-order chi connectivity index (χ0) is 9.15. The average Bonchev–Trinajstić information content (AvgIpc) is 2.32. The zero-order valence-electron chi connectivity index (χ0n) is 7.92. The standard InChI is InChI=1S/C10H16O2/c1-9(2)6-4-10(3,8(9)12)5-7(6)11/h6,8,12H,4-5H2,1-3H3/t6-,8+,10+/m1/s1. The van der Waals surface area contributed by atoms with Crippen LogP contribution in [0.3, 0.4) is 0 Å². The van der Waals surface area contributed by atoms with Gasteiger partial charge in [-0.25, -0.2) is 0 Å². The van der Waals surface area contributed by atoms with Gasteiger partial charge in [0, 0.05) is 23.2 Å². The van der Waals surface area contributed by atoms with Crippen molar-refractivity contribution in [3.63, 3.8) is 0 Å².